The number of amides is 2. The van der Waals surface area contributed by atoms with Gasteiger partial charge in [0.15, 0.2) is 5.13 Å². The maximum absolute atomic E-state index is 12.6. The molecule has 2 amide bonds. The highest BCUT2D eigenvalue weighted by molar-refractivity contribution is 7.13. The molecule has 1 fully saturated rings. The van der Waals surface area contributed by atoms with Crippen molar-refractivity contribution in [3.8, 4) is 11.4 Å². The Morgan fingerprint density at radius 2 is 2.29 bits per heavy atom. The molecular formula is C18H18N6O3S. The molecule has 28 heavy (non-hydrogen) atoms. The first-order chi connectivity index (χ1) is 13.7. The average Bonchev–Trinajstić information content (AvgIpc) is 3.48. The van der Waals surface area contributed by atoms with Gasteiger partial charge in [-0.1, -0.05) is 5.16 Å². The van der Waals surface area contributed by atoms with Crippen molar-refractivity contribution in [2.24, 2.45) is 0 Å². The van der Waals surface area contributed by atoms with Crippen LogP contribution in [0.2, 0.25) is 0 Å². The Bertz CT molecular complexity index is 943. The molecule has 0 spiro atoms. The van der Waals surface area contributed by atoms with Crippen LogP contribution in [0.25, 0.3) is 11.4 Å². The van der Waals surface area contributed by atoms with Crippen molar-refractivity contribution in [2.75, 3.05) is 11.9 Å². The van der Waals surface area contributed by atoms with Crippen LogP contribution in [0.1, 0.15) is 25.2 Å². The van der Waals surface area contributed by atoms with E-state index < -0.39 is 6.04 Å². The summed E-state index contributed by atoms with van der Waals surface area (Å²) in [6, 6.07) is 3.16. The zero-order valence-electron chi connectivity index (χ0n) is 14.9. The minimum Gasteiger partial charge on any atom is -0.339 e. The van der Waals surface area contributed by atoms with Crippen LogP contribution in [0.3, 0.4) is 0 Å². The number of rotatable bonds is 6. The molecule has 1 N–H and O–H groups in total. The van der Waals surface area contributed by atoms with E-state index in [-0.39, 0.29) is 18.2 Å². The van der Waals surface area contributed by atoms with Gasteiger partial charge in [-0.3, -0.25) is 14.6 Å². The van der Waals surface area contributed by atoms with Gasteiger partial charge >= 0.3 is 0 Å². The van der Waals surface area contributed by atoms with Crippen LogP contribution in [0.4, 0.5) is 5.13 Å². The molecule has 4 rings (SSSR count). The summed E-state index contributed by atoms with van der Waals surface area (Å²) in [6.45, 7) is 0.569. The molecule has 1 unspecified atom stereocenters. The van der Waals surface area contributed by atoms with Crippen molar-refractivity contribution < 1.29 is 14.1 Å². The Balaban J connectivity index is 1.34. The van der Waals surface area contributed by atoms with Gasteiger partial charge in [-0.2, -0.15) is 4.98 Å². The van der Waals surface area contributed by atoms with E-state index in [1.807, 2.05) is 6.07 Å². The molecule has 3 aromatic heterocycles. The summed E-state index contributed by atoms with van der Waals surface area (Å²) in [7, 11) is 0. The Hall–Kier alpha value is -3.14. The Morgan fingerprint density at radius 3 is 3.07 bits per heavy atom. The average molecular weight is 398 g/mol. The van der Waals surface area contributed by atoms with E-state index in [1.54, 1.807) is 34.9 Å². The number of thiazole rings is 1. The molecule has 0 aliphatic carbocycles. The first-order valence-electron chi connectivity index (χ1n) is 8.93. The predicted octanol–water partition coefficient (Wildman–Crippen LogP) is 2.15. The first kappa shape index (κ1) is 18.2. The largest absolute Gasteiger partial charge is 0.339 e. The molecule has 0 aromatic carbocycles. The fourth-order valence-corrected chi connectivity index (χ4v) is 3.67. The quantitative estimate of drug-likeness (QED) is 0.676. The van der Waals surface area contributed by atoms with Crippen molar-refractivity contribution in [3.05, 3.63) is 42.0 Å². The summed E-state index contributed by atoms with van der Waals surface area (Å²) in [5, 5.41) is 9.03. The van der Waals surface area contributed by atoms with Gasteiger partial charge in [0.25, 0.3) is 0 Å². The number of likely N-dealkylation sites (tertiary alicyclic amines) is 1. The van der Waals surface area contributed by atoms with Gasteiger partial charge in [0, 0.05) is 48.9 Å². The molecule has 4 heterocycles. The summed E-state index contributed by atoms with van der Waals surface area (Å²) in [4.78, 5) is 39.1. The van der Waals surface area contributed by atoms with E-state index in [1.165, 1.54) is 11.3 Å². The number of aromatic nitrogens is 4. The summed E-state index contributed by atoms with van der Waals surface area (Å²) >= 11 is 1.35. The van der Waals surface area contributed by atoms with E-state index in [4.69, 9.17) is 4.52 Å². The SMILES string of the molecule is O=C(Nc1nccs1)C1CCCN1C(=O)CCc1nc(-c2cccnc2)no1. The smallest absolute Gasteiger partial charge is 0.248 e. The molecule has 0 bridgehead atoms. The Labute approximate surface area is 164 Å². The highest BCUT2D eigenvalue weighted by Gasteiger charge is 2.34. The summed E-state index contributed by atoms with van der Waals surface area (Å²) in [5.74, 6) is 0.531. The van der Waals surface area contributed by atoms with E-state index >= 15 is 0 Å². The molecule has 10 heteroatoms. The number of nitrogens with one attached hydrogen (secondary N) is 1. The van der Waals surface area contributed by atoms with Crippen molar-refractivity contribution in [1.29, 1.82) is 0 Å². The topological polar surface area (TPSA) is 114 Å². The summed E-state index contributed by atoms with van der Waals surface area (Å²) < 4.78 is 5.23. The van der Waals surface area contributed by atoms with E-state index in [0.717, 1.165) is 12.0 Å². The van der Waals surface area contributed by atoms with Crippen LogP contribution in [0.15, 0.2) is 40.6 Å². The van der Waals surface area contributed by atoms with Gasteiger partial charge in [-0.15, -0.1) is 11.3 Å². The van der Waals surface area contributed by atoms with Crippen molar-refractivity contribution in [1.82, 2.24) is 25.0 Å². The second-order valence-corrected chi connectivity index (χ2v) is 7.22. The Kier molecular flexibility index (Phi) is 5.38. The summed E-state index contributed by atoms with van der Waals surface area (Å²) in [6.07, 6.45) is 6.92. The molecule has 1 aliphatic heterocycles. The number of aryl methyl sites for hydroxylation is 1. The van der Waals surface area contributed by atoms with Crippen LogP contribution in [-0.2, 0) is 16.0 Å². The van der Waals surface area contributed by atoms with Gasteiger partial charge in [-0.25, -0.2) is 4.98 Å². The van der Waals surface area contributed by atoms with Crippen LogP contribution in [-0.4, -0.2) is 49.4 Å². The number of carbonyl (C=O) groups excluding carboxylic acids is 2. The van der Waals surface area contributed by atoms with Crippen LogP contribution < -0.4 is 5.32 Å². The number of hydrogen-bond donors (Lipinski definition) is 1. The zero-order chi connectivity index (χ0) is 19.3. The third kappa shape index (κ3) is 4.06. The van der Waals surface area contributed by atoms with Gasteiger partial charge in [0.05, 0.1) is 0 Å². The zero-order valence-corrected chi connectivity index (χ0v) is 15.8. The minimum atomic E-state index is -0.468. The van der Waals surface area contributed by atoms with Crippen LogP contribution in [0.5, 0.6) is 0 Å². The monoisotopic (exact) mass is 398 g/mol. The van der Waals surface area contributed by atoms with Crippen molar-refractivity contribution >= 4 is 28.3 Å². The normalized spacial score (nSPS) is 16.3. The molecule has 0 saturated carbocycles. The lowest BCUT2D eigenvalue weighted by Gasteiger charge is -2.23. The highest BCUT2D eigenvalue weighted by Crippen LogP contribution is 2.22. The molecule has 1 atom stereocenters. The number of nitrogens with zero attached hydrogens (tertiary/aromatic N) is 5. The van der Waals surface area contributed by atoms with Crippen molar-refractivity contribution in [3.63, 3.8) is 0 Å². The number of anilines is 1. The van der Waals surface area contributed by atoms with Crippen LogP contribution in [0, 0.1) is 0 Å². The van der Waals surface area contributed by atoms with Crippen LogP contribution >= 0.6 is 11.3 Å². The number of carbonyl (C=O) groups is 2. The highest BCUT2D eigenvalue weighted by atomic mass is 32.1. The second kappa shape index (κ2) is 8.26. The van der Waals surface area contributed by atoms with Gasteiger partial charge in [0.1, 0.15) is 6.04 Å². The lowest BCUT2D eigenvalue weighted by molar-refractivity contribution is -0.136. The standard InChI is InChI=1S/C18H18N6O3S/c25-15(6-5-14-21-16(23-27-14)12-3-1-7-19-11-12)24-9-2-4-13(24)17(26)22-18-20-8-10-28-18/h1,3,7-8,10-11,13H,2,4-6,9H2,(H,20,22,26). The molecule has 0 radical (unpaired) electrons. The lowest BCUT2D eigenvalue weighted by atomic mass is 10.2. The van der Waals surface area contributed by atoms with E-state index in [9.17, 15) is 9.59 Å². The molecular weight excluding hydrogens is 380 g/mol. The summed E-state index contributed by atoms with van der Waals surface area (Å²) in [5.41, 5.74) is 0.752. The third-order valence-corrected chi connectivity index (χ3v) is 5.17. The fourth-order valence-electron chi connectivity index (χ4n) is 3.14. The number of pyridine rings is 1. The second-order valence-electron chi connectivity index (χ2n) is 6.33. The molecule has 9 nitrogen and oxygen atoms in total. The lowest BCUT2D eigenvalue weighted by Crippen LogP contribution is -2.43. The van der Waals surface area contributed by atoms with E-state index in [2.05, 4.69) is 25.4 Å². The maximum Gasteiger partial charge on any atom is 0.248 e. The predicted molar refractivity (Wildman–Crippen MR) is 101 cm³/mol. The Morgan fingerprint density at radius 1 is 1.36 bits per heavy atom. The van der Waals surface area contributed by atoms with Crippen molar-refractivity contribution in [2.45, 2.75) is 31.7 Å². The molecule has 1 saturated heterocycles. The molecule has 144 valence electrons. The third-order valence-electron chi connectivity index (χ3n) is 4.48. The van der Waals surface area contributed by atoms with Gasteiger partial charge < -0.3 is 14.7 Å². The first-order valence-corrected chi connectivity index (χ1v) is 9.81. The number of hydrogen-bond acceptors (Lipinski definition) is 8. The van der Waals surface area contributed by atoms with Gasteiger partial charge in [0.2, 0.25) is 23.5 Å². The fraction of sp³-hybridized carbons (Fsp3) is 0.333. The van der Waals surface area contributed by atoms with E-state index in [0.29, 0.717) is 36.2 Å². The minimum absolute atomic E-state index is 0.0992. The molecule has 3 aromatic rings. The van der Waals surface area contributed by atoms with Gasteiger partial charge in [-0.05, 0) is 25.0 Å². The maximum atomic E-state index is 12.6. The molecule has 1 aliphatic rings.